The summed E-state index contributed by atoms with van der Waals surface area (Å²) in [5.41, 5.74) is 0.481. The number of halogens is 5. The van der Waals surface area contributed by atoms with E-state index in [2.05, 4.69) is 9.98 Å². The molecule has 0 atom stereocenters. The van der Waals surface area contributed by atoms with Crippen LogP contribution in [-0.2, 0) is 9.59 Å². The summed E-state index contributed by atoms with van der Waals surface area (Å²) in [5, 5.41) is 9.49. The predicted molar refractivity (Wildman–Crippen MR) is 141 cm³/mol. The largest absolute Gasteiger partial charge is 0.481 e. The third kappa shape index (κ3) is 6.74. The number of nitrogens with two attached hydrogens (primary N) is 1. The van der Waals surface area contributed by atoms with Crippen molar-refractivity contribution in [2.75, 3.05) is 13.1 Å². The van der Waals surface area contributed by atoms with Crippen molar-refractivity contribution in [3.05, 3.63) is 39.8 Å². The quantitative estimate of drug-likeness (QED) is 0.235. The van der Waals surface area contributed by atoms with Gasteiger partial charge in [-0.25, -0.2) is 0 Å². The molecule has 1 heterocycles. The molecule has 3 aliphatic rings. The van der Waals surface area contributed by atoms with E-state index in [9.17, 15) is 32.7 Å². The maximum atomic E-state index is 14.4. The standard InChI is InChI=1S/C26H31Cl2F3N4O4/c1-23(2,3)14-35(13-18(36)19-16(27)11-33-12-17(19)28)21(37)15(10-32)20(26(29,30)31)34-25-7-4-24(5-8-25,6-9-25)22(38)39/h10-12H,4-9,13-14,32H2,1-3H3,(H,38,39). The molecule has 2 bridgehead atoms. The minimum absolute atomic E-state index is 0.0612. The van der Waals surface area contributed by atoms with Crippen LogP contribution in [0.2, 0.25) is 10.0 Å². The number of aliphatic carboxylic acids is 1. The number of fused-ring (bicyclic) bond motifs is 3. The first kappa shape index (κ1) is 30.9. The molecule has 214 valence electrons. The van der Waals surface area contributed by atoms with Crippen molar-refractivity contribution in [1.29, 1.82) is 0 Å². The molecule has 1 aromatic heterocycles. The molecule has 39 heavy (non-hydrogen) atoms. The highest BCUT2D eigenvalue weighted by molar-refractivity contribution is 6.39. The number of nitrogens with zero attached hydrogens (tertiary/aromatic N) is 3. The molecule has 1 aromatic rings. The number of hydrogen-bond donors (Lipinski definition) is 2. The molecular formula is C26H31Cl2F3N4O4. The van der Waals surface area contributed by atoms with Gasteiger partial charge in [0.15, 0.2) is 11.5 Å². The Morgan fingerprint density at radius 1 is 1.08 bits per heavy atom. The van der Waals surface area contributed by atoms with Crippen molar-refractivity contribution >= 4 is 46.6 Å². The Balaban J connectivity index is 1.99. The number of carboxylic acid groups (broad SMARTS) is 1. The van der Waals surface area contributed by atoms with E-state index in [0.717, 1.165) is 4.90 Å². The summed E-state index contributed by atoms with van der Waals surface area (Å²) in [6.45, 7) is 4.56. The van der Waals surface area contributed by atoms with Gasteiger partial charge in [-0.3, -0.25) is 24.4 Å². The summed E-state index contributed by atoms with van der Waals surface area (Å²) in [7, 11) is 0. The fourth-order valence-corrected chi connectivity index (χ4v) is 5.87. The molecule has 0 spiro atoms. The van der Waals surface area contributed by atoms with E-state index < -0.39 is 58.0 Å². The van der Waals surface area contributed by atoms with Gasteiger partial charge in [0.1, 0.15) is 0 Å². The summed E-state index contributed by atoms with van der Waals surface area (Å²) in [6.07, 6.45) is -1.04. The highest BCUT2D eigenvalue weighted by Gasteiger charge is 2.54. The second-order valence-corrected chi connectivity index (χ2v) is 12.3. The van der Waals surface area contributed by atoms with Crippen LogP contribution in [-0.4, -0.2) is 63.2 Å². The van der Waals surface area contributed by atoms with Gasteiger partial charge in [-0.2, -0.15) is 13.2 Å². The highest BCUT2D eigenvalue weighted by Crippen LogP contribution is 2.54. The van der Waals surface area contributed by atoms with Gasteiger partial charge in [-0.1, -0.05) is 44.0 Å². The van der Waals surface area contributed by atoms with Gasteiger partial charge in [0.2, 0.25) is 0 Å². The number of alkyl halides is 3. The predicted octanol–water partition coefficient (Wildman–Crippen LogP) is 5.47. The van der Waals surface area contributed by atoms with Gasteiger partial charge in [0, 0.05) is 25.1 Å². The first-order chi connectivity index (χ1) is 17.9. The molecule has 3 N–H and O–H groups in total. The van der Waals surface area contributed by atoms with Crippen LogP contribution in [0, 0.1) is 10.8 Å². The summed E-state index contributed by atoms with van der Waals surface area (Å²) in [6, 6.07) is 0. The minimum atomic E-state index is -5.04. The monoisotopic (exact) mass is 590 g/mol. The summed E-state index contributed by atoms with van der Waals surface area (Å²) >= 11 is 12.2. The Bertz CT molecular complexity index is 1180. The van der Waals surface area contributed by atoms with Crippen molar-refractivity contribution in [1.82, 2.24) is 9.88 Å². The van der Waals surface area contributed by atoms with Gasteiger partial charge < -0.3 is 15.7 Å². The molecule has 4 rings (SSSR count). The average Bonchev–Trinajstić information content (AvgIpc) is 2.83. The molecule has 1 amide bonds. The number of aromatic nitrogens is 1. The van der Waals surface area contributed by atoms with E-state index >= 15 is 0 Å². The van der Waals surface area contributed by atoms with Crippen molar-refractivity contribution < 1.29 is 32.7 Å². The fourth-order valence-electron chi connectivity index (χ4n) is 5.29. The zero-order chi connectivity index (χ0) is 29.4. The number of hydrogen-bond acceptors (Lipinski definition) is 6. The highest BCUT2D eigenvalue weighted by atomic mass is 35.5. The van der Waals surface area contributed by atoms with Crippen molar-refractivity contribution in [3.63, 3.8) is 0 Å². The molecule has 0 aliphatic heterocycles. The average molecular weight is 591 g/mol. The van der Waals surface area contributed by atoms with Crippen molar-refractivity contribution in [2.24, 2.45) is 21.6 Å². The molecule has 13 heteroatoms. The van der Waals surface area contributed by atoms with Crippen LogP contribution in [0.1, 0.15) is 69.7 Å². The molecule has 3 aliphatic carbocycles. The topological polar surface area (TPSA) is 126 Å². The smallest absolute Gasteiger partial charge is 0.433 e. The zero-order valence-corrected chi connectivity index (χ0v) is 23.4. The number of rotatable bonds is 8. The maximum Gasteiger partial charge on any atom is 0.433 e. The number of Topliss-reactive ketones (excluding diaryl/α,β-unsaturated/α-hetero) is 1. The SMILES string of the molecule is CC(C)(C)CN(CC(=O)c1c(Cl)cncc1Cl)C(=O)C(=CN)C(=NC12CCC(C(=O)O)(CC1)CC2)C(F)(F)F. The lowest BCUT2D eigenvalue weighted by atomic mass is 9.57. The van der Waals surface area contributed by atoms with E-state index in [1.54, 1.807) is 20.8 Å². The lowest BCUT2D eigenvalue weighted by molar-refractivity contribution is -0.156. The normalized spacial score (nSPS) is 24.0. The Morgan fingerprint density at radius 2 is 1.59 bits per heavy atom. The third-order valence-electron chi connectivity index (χ3n) is 7.35. The minimum Gasteiger partial charge on any atom is -0.481 e. The van der Waals surface area contributed by atoms with Crippen molar-refractivity contribution in [3.8, 4) is 0 Å². The molecule has 0 aromatic carbocycles. The maximum absolute atomic E-state index is 14.4. The molecule has 3 fully saturated rings. The fraction of sp³-hybridized carbons (Fsp3) is 0.577. The third-order valence-corrected chi connectivity index (χ3v) is 7.92. The van der Waals surface area contributed by atoms with Crippen LogP contribution in [0.15, 0.2) is 29.2 Å². The van der Waals surface area contributed by atoms with Crippen LogP contribution in [0.4, 0.5) is 13.2 Å². The van der Waals surface area contributed by atoms with E-state index in [1.807, 2.05) is 0 Å². The van der Waals surface area contributed by atoms with Crippen LogP contribution in [0.25, 0.3) is 0 Å². The second-order valence-electron chi connectivity index (χ2n) is 11.5. The lowest BCUT2D eigenvalue weighted by Gasteiger charge is -2.49. The summed E-state index contributed by atoms with van der Waals surface area (Å²) in [5.74, 6) is -2.76. The molecule has 8 nitrogen and oxygen atoms in total. The molecular weight excluding hydrogens is 560 g/mol. The van der Waals surface area contributed by atoms with Crippen molar-refractivity contribution in [2.45, 2.75) is 71.0 Å². The number of carboxylic acids is 1. The van der Waals surface area contributed by atoms with E-state index in [-0.39, 0.29) is 60.7 Å². The Kier molecular flexibility index (Phi) is 8.77. The molecule has 0 radical (unpaired) electrons. The Morgan fingerprint density at radius 3 is 2.00 bits per heavy atom. The number of aliphatic imine (C=N–C) groups is 1. The van der Waals surface area contributed by atoms with Crippen LogP contribution < -0.4 is 5.73 Å². The number of ketones is 1. The molecule has 3 saturated carbocycles. The summed E-state index contributed by atoms with van der Waals surface area (Å²) < 4.78 is 43.3. The van der Waals surface area contributed by atoms with Crippen LogP contribution >= 0.6 is 23.2 Å². The lowest BCUT2D eigenvalue weighted by Crippen LogP contribution is -2.50. The van der Waals surface area contributed by atoms with E-state index in [0.29, 0.717) is 6.20 Å². The zero-order valence-electron chi connectivity index (χ0n) is 21.9. The van der Waals surface area contributed by atoms with E-state index in [4.69, 9.17) is 28.9 Å². The Hall–Kier alpha value is -2.66. The van der Waals surface area contributed by atoms with E-state index in [1.165, 1.54) is 12.4 Å². The van der Waals surface area contributed by atoms with Gasteiger partial charge in [-0.15, -0.1) is 0 Å². The van der Waals surface area contributed by atoms with Gasteiger partial charge in [0.05, 0.1) is 38.7 Å². The molecule has 0 saturated heterocycles. The number of carbonyl (C=O) groups is 3. The van der Waals surface area contributed by atoms with Gasteiger partial charge >= 0.3 is 12.1 Å². The number of carbonyl (C=O) groups excluding carboxylic acids is 2. The first-order valence-corrected chi connectivity index (χ1v) is 13.1. The van der Waals surface area contributed by atoms with Crippen LogP contribution in [0.3, 0.4) is 0 Å². The number of pyridine rings is 1. The summed E-state index contributed by atoms with van der Waals surface area (Å²) in [4.78, 5) is 47.4. The first-order valence-electron chi connectivity index (χ1n) is 12.4. The Labute approximate surface area is 234 Å². The molecule has 0 unspecified atom stereocenters. The second kappa shape index (κ2) is 11.1. The number of amides is 1. The van der Waals surface area contributed by atoms with Gasteiger partial charge in [0.25, 0.3) is 5.91 Å². The van der Waals surface area contributed by atoms with Crippen LogP contribution in [0.5, 0.6) is 0 Å². The van der Waals surface area contributed by atoms with Gasteiger partial charge in [-0.05, 0) is 43.9 Å².